The molecule has 1 fully saturated rings. The summed E-state index contributed by atoms with van der Waals surface area (Å²) in [6, 6.07) is 7.42. The first kappa shape index (κ1) is 10.5. The van der Waals surface area contributed by atoms with E-state index in [9.17, 15) is 4.79 Å². The van der Waals surface area contributed by atoms with E-state index in [0.717, 1.165) is 29.5 Å². The van der Waals surface area contributed by atoms with Crippen LogP contribution in [0.2, 0.25) is 0 Å². The molecule has 3 nitrogen and oxygen atoms in total. The summed E-state index contributed by atoms with van der Waals surface area (Å²) in [6.07, 6.45) is 1.69. The van der Waals surface area contributed by atoms with Crippen molar-refractivity contribution in [3.05, 3.63) is 28.7 Å². The molecule has 1 saturated heterocycles. The molecule has 2 rings (SSSR count). The standard InChI is InChI=1S/C11H12BrNO2/c12-8-3-1-4-9(7-8)13-6-2-5-10(13)11(14)15/h1,3-4,7,10H,2,5-6H2,(H,14,15)/t10-/m1/s1. The van der Waals surface area contributed by atoms with Crippen molar-refractivity contribution in [1.82, 2.24) is 0 Å². The molecule has 1 aromatic rings. The van der Waals surface area contributed by atoms with Crippen LogP contribution >= 0.6 is 15.9 Å². The first-order valence-corrected chi connectivity index (χ1v) is 5.73. The van der Waals surface area contributed by atoms with E-state index in [1.807, 2.05) is 29.2 Å². The Kier molecular flexibility index (Phi) is 2.95. The number of halogens is 1. The Morgan fingerprint density at radius 2 is 2.33 bits per heavy atom. The van der Waals surface area contributed by atoms with Gasteiger partial charge in [0.15, 0.2) is 0 Å². The second-order valence-electron chi connectivity index (χ2n) is 3.67. The average molecular weight is 270 g/mol. The molecule has 0 aromatic heterocycles. The highest BCUT2D eigenvalue weighted by Crippen LogP contribution is 2.27. The molecule has 0 radical (unpaired) electrons. The van der Waals surface area contributed by atoms with Gasteiger partial charge in [0.05, 0.1) is 0 Å². The smallest absolute Gasteiger partial charge is 0.326 e. The van der Waals surface area contributed by atoms with E-state index in [2.05, 4.69) is 15.9 Å². The Morgan fingerprint density at radius 3 is 3.00 bits per heavy atom. The van der Waals surface area contributed by atoms with Crippen molar-refractivity contribution in [1.29, 1.82) is 0 Å². The lowest BCUT2D eigenvalue weighted by atomic mass is 10.2. The normalized spacial score (nSPS) is 20.6. The third kappa shape index (κ3) is 2.15. The van der Waals surface area contributed by atoms with Crippen LogP contribution in [0.3, 0.4) is 0 Å². The SMILES string of the molecule is O=C(O)[C@H]1CCCN1c1cccc(Br)c1. The lowest BCUT2D eigenvalue weighted by molar-refractivity contribution is -0.138. The van der Waals surface area contributed by atoms with Crippen molar-refractivity contribution < 1.29 is 9.90 Å². The van der Waals surface area contributed by atoms with Gasteiger partial charge in [-0.3, -0.25) is 0 Å². The summed E-state index contributed by atoms with van der Waals surface area (Å²) < 4.78 is 0.982. The third-order valence-corrected chi connectivity index (χ3v) is 3.17. The molecule has 0 spiro atoms. The molecule has 0 unspecified atom stereocenters. The molecule has 1 aliphatic rings. The minimum Gasteiger partial charge on any atom is -0.480 e. The Morgan fingerprint density at radius 1 is 1.53 bits per heavy atom. The zero-order valence-corrected chi connectivity index (χ0v) is 9.77. The molecule has 0 bridgehead atoms. The van der Waals surface area contributed by atoms with Gasteiger partial charge in [0.25, 0.3) is 0 Å². The Labute approximate surface area is 96.8 Å². The lowest BCUT2D eigenvalue weighted by Gasteiger charge is -2.23. The van der Waals surface area contributed by atoms with Crippen LogP contribution in [-0.2, 0) is 4.79 Å². The fraction of sp³-hybridized carbons (Fsp3) is 0.364. The second kappa shape index (κ2) is 4.23. The van der Waals surface area contributed by atoms with Gasteiger partial charge < -0.3 is 10.0 Å². The van der Waals surface area contributed by atoms with Crippen molar-refractivity contribution in [3.8, 4) is 0 Å². The van der Waals surface area contributed by atoms with Gasteiger partial charge in [0.2, 0.25) is 0 Å². The number of carbonyl (C=O) groups is 1. The fourth-order valence-corrected chi connectivity index (χ4v) is 2.37. The van der Waals surface area contributed by atoms with Crippen molar-refractivity contribution in [3.63, 3.8) is 0 Å². The summed E-state index contributed by atoms with van der Waals surface area (Å²) in [5.74, 6) is -0.729. The minimum atomic E-state index is -0.729. The van der Waals surface area contributed by atoms with Gasteiger partial charge >= 0.3 is 5.97 Å². The number of benzene rings is 1. The van der Waals surface area contributed by atoms with Gasteiger partial charge in [-0.1, -0.05) is 22.0 Å². The van der Waals surface area contributed by atoms with Gasteiger partial charge in [0, 0.05) is 16.7 Å². The van der Waals surface area contributed by atoms with Crippen molar-refractivity contribution in [2.45, 2.75) is 18.9 Å². The van der Waals surface area contributed by atoms with Crippen LogP contribution < -0.4 is 4.90 Å². The summed E-state index contributed by atoms with van der Waals surface area (Å²) in [5, 5.41) is 9.06. The predicted molar refractivity (Wildman–Crippen MR) is 62.1 cm³/mol. The van der Waals surface area contributed by atoms with Gasteiger partial charge in [-0.05, 0) is 31.0 Å². The van der Waals surface area contributed by atoms with E-state index in [1.54, 1.807) is 0 Å². The maximum atomic E-state index is 11.0. The van der Waals surface area contributed by atoms with Gasteiger partial charge in [-0.25, -0.2) is 4.79 Å². The minimum absolute atomic E-state index is 0.362. The van der Waals surface area contributed by atoms with E-state index in [-0.39, 0.29) is 6.04 Å². The number of nitrogens with zero attached hydrogens (tertiary/aromatic N) is 1. The van der Waals surface area contributed by atoms with Gasteiger partial charge in [-0.15, -0.1) is 0 Å². The third-order valence-electron chi connectivity index (χ3n) is 2.68. The highest BCUT2D eigenvalue weighted by molar-refractivity contribution is 9.10. The number of aliphatic carboxylic acids is 1. The molecule has 1 N–H and O–H groups in total. The Balaban J connectivity index is 2.26. The van der Waals surface area contributed by atoms with Crippen LogP contribution in [-0.4, -0.2) is 23.7 Å². The molecule has 80 valence electrons. The van der Waals surface area contributed by atoms with Gasteiger partial charge in [0.1, 0.15) is 6.04 Å². The predicted octanol–water partition coefficient (Wildman–Crippen LogP) is 2.50. The van der Waals surface area contributed by atoms with E-state index < -0.39 is 5.97 Å². The fourth-order valence-electron chi connectivity index (χ4n) is 1.99. The quantitative estimate of drug-likeness (QED) is 0.897. The monoisotopic (exact) mass is 269 g/mol. The lowest BCUT2D eigenvalue weighted by Crippen LogP contribution is -2.35. The van der Waals surface area contributed by atoms with Crippen molar-refractivity contribution >= 4 is 27.6 Å². The first-order valence-electron chi connectivity index (χ1n) is 4.93. The van der Waals surface area contributed by atoms with Crippen LogP contribution in [0.4, 0.5) is 5.69 Å². The molecular formula is C11H12BrNO2. The number of carboxylic acids is 1. The van der Waals surface area contributed by atoms with Crippen LogP contribution in [0, 0.1) is 0 Å². The largest absolute Gasteiger partial charge is 0.480 e. The molecular weight excluding hydrogens is 258 g/mol. The summed E-state index contributed by atoms with van der Waals surface area (Å²) in [5.41, 5.74) is 0.981. The van der Waals surface area contributed by atoms with Crippen LogP contribution in [0.5, 0.6) is 0 Å². The summed E-state index contributed by atoms with van der Waals surface area (Å²) in [7, 11) is 0. The highest BCUT2D eigenvalue weighted by Gasteiger charge is 2.30. The van der Waals surface area contributed by atoms with Crippen molar-refractivity contribution in [2.24, 2.45) is 0 Å². The molecule has 1 atom stereocenters. The number of hydrogen-bond acceptors (Lipinski definition) is 2. The highest BCUT2D eigenvalue weighted by atomic mass is 79.9. The molecule has 0 saturated carbocycles. The Hall–Kier alpha value is -1.03. The summed E-state index contributed by atoms with van der Waals surface area (Å²) in [6.45, 7) is 0.827. The van der Waals surface area contributed by atoms with E-state index in [1.165, 1.54) is 0 Å². The molecule has 0 amide bonds. The topological polar surface area (TPSA) is 40.5 Å². The van der Waals surface area contributed by atoms with Crippen molar-refractivity contribution in [2.75, 3.05) is 11.4 Å². The molecule has 1 aliphatic heterocycles. The molecule has 4 heteroatoms. The average Bonchev–Trinajstić information content (AvgIpc) is 2.65. The zero-order chi connectivity index (χ0) is 10.8. The van der Waals surface area contributed by atoms with Gasteiger partial charge in [-0.2, -0.15) is 0 Å². The maximum absolute atomic E-state index is 11.0. The number of rotatable bonds is 2. The van der Waals surface area contributed by atoms with E-state index >= 15 is 0 Å². The first-order chi connectivity index (χ1) is 7.18. The number of carboxylic acid groups (broad SMARTS) is 1. The summed E-state index contributed by atoms with van der Waals surface area (Å²) in [4.78, 5) is 13.0. The second-order valence-corrected chi connectivity index (χ2v) is 4.59. The maximum Gasteiger partial charge on any atom is 0.326 e. The van der Waals surface area contributed by atoms with Crippen LogP contribution in [0.25, 0.3) is 0 Å². The summed E-state index contributed by atoms with van der Waals surface area (Å²) >= 11 is 3.39. The number of anilines is 1. The van der Waals surface area contributed by atoms with E-state index in [4.69, 9.17) is 5.11 Å². The molecule has 15 heavy (non-hydrogen) atoms. The molecule has 1 aromatic carbocycles. The van der Waals surface area contributed by atoms with Crippen LogP contribution in [0.1, 0.15) is 12.8 Å². The zero-order valence-electron chi connectivity index (χ0n) is 8.19. The molecule has 0 aliphatic carbocycles. The van der Waals surface area contributed by atoms with E-state index in [0.29, 0.717) is 0 Å². The molecule has 1 heterocycles. The Bertz CT molecular complexity index is 381. The van der Waals surface area contributed by atoms with Crippen LogP contribution in [0.15, 0.2) is 28.7 Å². The number of hydrogen-bond donors (Lipinski definition) is 1.